The summed E-state index contributed by atoms with van der Waals surface area (Å²) in [4.78, 5) is 32.2. The zero-order valence-electron chi connectivity index (χ0n) is 10.7. The molecule has 0 bridgehead atoms. The first kappa shape index (κ1) is 16.6. The number of hydrogen-bond donors (Lipinski definition) is 3. The number of halogens is 1. The fraction of sp³-hybridized carbons (Fsp3) is 0.182. The van der Waals surface area contributed by atoms with Gasteiger partial charge in [0, 0.05) is 0 Å². The summed E-state index contributed by atoms with van der Waals surface area (Å²) in [6, 6.07) is 0.855. The Morgan fingerprint density at radius 3 is 2.38 bits per heavy atom. The van der Waals surface area contributed by atoms with Crippen LogP contribution in [0.1, 0.15) is 17.3 Å². The first-order valence-corrected chi connectivity index (χ1v) is 6.99. The van der Waals surface area contributed by atoms with Gasteiger partial charge in [-0.1, -0.05) is 0 Å². The average Bonchev–Trinajstić information content (AvgIpc) is 2.36. The van der Waals surface area contributed by atoms with Crippen LogP contribution in [-0.4, -0.2) is 36.7 Å². The number of hydrogen-bond acceptors (Lipinski definition) is 5. The molecule has 4 N–H and O–H groups in total. The predicted octanol–water partition coefficient (Wildman–Crippen LogP) is -0.119. The number of carbonyl (C=O) groups is 3. The van der Waals surface area contributed by atoms with E-state index in [1.54, 1.807) is 5.32 Å². The quantitative estimate of drug-likeness (QED) is 0.660. The van der Waals surface area contributed by atoms with E-state index < -0.39 is 49.3 Å². The van der Waals surface area contributed by atoms with Crippen molar-refractivity contribution in [3.05, 3.63) is 29.6 Å². The molecule has 1 aromatic rings. The molecule has 0 radical (unpaired) electrons. The maximum absolute atomic E-state index is 13.2. The van der Waals surface area contributed by atoms with Crippen molar-refractivity contribution in [3.8, 4) is 0 Å². The number of urea groups is 1. The first-order chi connectivity index (χ1) is 9.57. The summed E-state index contributed by atoms with van der Waals surface area (Å²) in [7, 11) is -4.31. The van der Waals surface area contributed by atoms with Gasteiger partial charge < -0.3 is 10.8 Å². The maximum Gasteiger partial charge on any atom is 0.338 e. The number of primary amides is 1. The molecular weight excluding hydrogens is 307 g/mol. The molecule has 0 saturated carbocycles. The predicted molar refractivity (Wildman–Crippen MR) is 67.7 cm³/mol. The van der Waals surface area contributed by atoms with Gasteiger partial charge >= 0.3 is 12.0 Å². The van der Waals surface area contributed by atoms with Gasteiger partial charge in [0.1, 0.15) is 11.1 Å². The minimum Gasteiger partial charge on any atom is -0.478 e. The third-order valence-corrected chi connectivity index (χ3v) is 4.63. The zero-order chi connectivity index (χ0) is 16.4. The monoisotopic (exact) mass is 318 g/mol. The summed E-state index contributed by atoms with van der Waals surface area (Å²) in [6.45, 7) is 0.984. The summed E-state index contributed by atoms with van der Waals surface area (Å²) < 4.78 is 37.4. The molecule has 0 heterocycles. The second-order valence-corrected chi connectivity index (χ2v) is 6.26. The number of sulfone groups is 1. The molecule has 8 nitrogen and oxygen atoms in total. The highest BCUT2D eigenvalue weighted by molar-refractivity contribution is 7.92. The molecule has 0 aliphatic heterocycles. The van der Waals surface area contributed by atoms with Gasteiger partial charge in [-0.3, -0.25) is 10.1 Å². The summed E-state index contributed by atoms with van der Waals surface area (Å²) in [5, 5.41) is 8.63. The number of aromatic carboxylic acids is 1. The minimum atomic E-state index is -4.31. The number of imide groups is 1. The summed E-state index contributed by atoms with van der Waals surface area (Å²) >= 11 is 0. The van der Waals surface area contributed by atoms with Crippen LogP contribution in [0.25, 0.3) is 0 Å². The number of carboxylic acid groups (broad SMARTS) is 1. The van der Waals surface area contributed by atoms with E-state index in [-0.39, 0.29) is 0 Å². The molecule has 1 atom stereocenters. The van der Waals surface area contributed by atoms with Crippen LogP contribution >= 0.6 is 0 Å². The van der Waals surface area contributed by atoms with Crippen molar-refractivity contribution < 1.29 is 32.3 Å². The van der Waals surface area contributed by atoms with E-state index in [9.17, 15) is 27.2 Å². The number of nitrogens with two attached hydrogens (primary N) is 1. The van der Waals surface area contributed by atoms with Gasteiger partial charge in [0.25, 0.3) is 0 Å². The van der Waals surface area contributed by atoms with E-state index in [1.807, 2.05) is 0 Å². The molecular formula is C11H11FN2O6S. The SMILES string of the molecule is CC(C(=O)NC(N)=O)S(=O)(=O)c1ccc(F)c(C(=O)O)c1. The summed E-state index contributed by atoms with van der Waals surface area (Å²) in [5.41, 5.74) is 3.86. The number of carboxylic acids is 1. The first-order valence-electron chi connectivity index (χ1n) is 5.44. The third-order valence-electron chi connectivity index (χ3n) is 2.58. The molecule has 1 rings (SSSR count). The van der Waals surface area contributed by atoms with Gasteiger partial charge in [0.05, 0.1) is 10.5 Å². The lowest BCUT2D eigenvalue weighted by molar-refractivity contribution is -0.119. The van der Waals surface area contributed by atoms with Crippen molar-refractivity contribution in [1.82, 2.24) is 5.32 Å². The molecule has 1 aromatic carbocycles. The van der Waals surface area contributed by atoms with Crippen molar-refractivity contribution in [3.63, 3.8) is 0 Å². The van der Waals surface area contributed by atoms with E-state index in [2.05, 4.69) is 0 Å². The molecule has 0 aliphatic rings. The van der Waals surface area contributed by atoms with Gasteiger partial charge in [0.2, 0.25) is 5.91 Å². The van der Waals surface area contributed by atoms with Crippen molar-refractivity contribution in [2.45, 2.75) is 17.1 Å². The lowest BCUT2D eigenvalue weighted by Gasteiger charge is -2.12. The highest BCUT2D eigenvalue weighted by Gasteiger charge is 2.31. The molecule has 0 fully saturated rings. The fourth-order valence-corrected chi connectivity index (χ4v) is 2.70. The second-order valence-electron chi connectivity index (χ2n) is 3.99. The molecule has 0 saturated heterocycles. The highest BCUT2D eigenvalue weighted by Crippen LogP contribution is 2.20. The van der Waals surface area contributed by atoms with E-state index in [4.69, 9.17) is 10.8 Å². The van der Waals surface area contributed by atoms with Gasteiger partial charge in [-0.2, -0.15) is 0 Å². The van der Waals surface area contributed by atoms with Crippen LogP contribution in [0.5, 0.6) is 0 Å². The van der Waals surface area contributed by atoms with Crippen molar-refractivity contribution in [2.24, 2.45) is 5.73 Å². The Morgan fingerprint density at radius 1 is 1.33 bits per heavy atom. The van der Waals surface area contributed by atoms with Crippen LogP contribution < -0.4 is 11.1 Å². The summed E-state index contributed by atoms with van der Waals surface area (Å²) in [5.74, 6) is -3.95. The number of carbonyl (C=O) groups excluding carboxylic acids is 2. The molecule has 0 aromatic heterocycles. The Hall–Kier alpha value is -2.49. The number of nitrogens with one attached hydrogen (secondary N) is 1. The number of benzene rings is 1. The normalized spacial score (nSPS) is 12.5. The largest absolute Gasteiger partial charge is 0.478 e. The lowest BCUT2D eigenvalue weighted by Crippen LogP contribution is -2.43. The van der Waals surface area contributed by atoms with E-state index >= 15 is 0 Å². The van der Waals surface area contributed by atoms with Gasteiger partial charge in [-0.05, 0) is 25.1 Å². The minimum absolute atomic E-state index is 0.562. The van der Waals surface area contributed by atoms with Crippen LogP contribution in [-0.2, 0) is 14.6 Å². The Labute approximate surface area is 118 Å². The smallest absolute Gasteiger partial charge is 0.338 e. The van der Waals surface area contributed by atoms with E-state index in [1.165, 1.54) is 0 Å². The van der Waals surface area contributed by atoms with Gasteiger partial charge in [-0.25, -0.2) is 22.4 Å². The summed E-state index contributed by atoms with van der Waals surface area (Å²) in [6.07, 6.45) is 0. The molecule has 114 valence electrons. The zero-order valence-corrected chi connectivity index (χ0v) is 11.5. The molecule has 21 heavy (non-hydrogen) atoms. The maximum atomic E-state index is 13.2. The Bertz CT molecular complexity index is 715. The van der Waals surface area contributed by atoms with Crippen LogP contribution in [0.4, 0.5) is 9.18 Å². The van der Waals surface area contributed by atoms with Crippen molar-refractivity contribution >= 4 is 27.7 Å². The lowest BCUT2D eigenvalue weighted by atomic mass is 10.2. The Morgan fingerprint density at radius 2 is 1.90 bits per heavy atom. The molecule has 3 amide bonds. The van der Waals surface area contributed by atoms with Crippen LogP contribution in [0.15, 0.2) is 23.1 Å². The van der Waals surface area contributed by atoms with Gasteiger partial charge in [0.15, 0.2) is 9.84 Å². The standard InChI is InChI=1S/C11H11FN2O6S/c1-5(9(15)14-11(13)18)21(19,20)6-2-3-8(12)7(4-6)10(16)17/h2-5H,1H3,(H,16,17)(H3,13,14,15,18). The van der Waals surface area contributed by atoms with Crippen LogP contribution in [0.2, 0.25) is 0 Å². The van der Waals surface area contributed by atoms with Crippen molar-refractivity contribution in [1.29, 1.82) is 0 Å². The average molecular weight is 318 g/mol. The van der Waals surface area contributed by atoms with Crippen molar-refractivity contribution in [2.75, 3.05) is 0 Å². The van der Waals surface area contributed by atoms with E-state index in [0.717, 1.165) is 13.0 Å². The third kappa shape index (κ3) is 3.54. The Balaban J connectivity index is 3.25. The van der Waals surface area contributed by atoms with Crippen LogP contribution in [0, 0.1) is 5.82 Å². The Kier molecular flexibility index (Phi) is 4.63. The molecule has 1 unspecified atom stereocenters. The van der Waals surface area contributed by atoms with E-state index in [0.29, 0.717) is 12.1 Å². The number of rotatable bonds is 4. The molecule has 0 aliphatic carbocycles. The second kappa shape index (κ2) is 5.87. The van der Waals surface area contributed by atoms with Crippen LogP contribution in [0.3, 0.4) is 0 Å². The van der Waals surface area contributed by atoms with Gasteiger partial charge in [-0.15, -0.1) is 0 Å². The number of amides is 3. The fourth-order valence-electron chi connectivity index (χ4n) is 1.41. The highest BCUT2D eigenvalue weighted by atomic mass is 32.2. The molecule has 0 spiro atoms. The molecule has 10 heteroatoms. The topological polar surface area (TPSA) is 144 Å².